The molecule has 1 unspecified atom stereocenters. The van der Waals surface area contributed by atoms with E-state index >= 15 is 0 Å². The van der Waals surface area contributed by atoms with Gasteiger partial charge in [-0.15, -0.1) is 0 Å². The molecule has 1 heterocycles. The molecule has 0 radical (unpaired) electrons. The smallest absolute Gasteiger partial charge is 0.123 e. The largest absolute Gasteiger partial charge is 0.496 e. The standard InChI is InChI=1S/C16H19ClN2O/c1-18-15(7-5-12-4-3-9-19-11-12)14-10-13(17)6-8-16(14)20-2/h3-4,6,8-11,15,18H,5,7H2,1-2H3. The number of rotatable bonds is 6. The second-order valence-electron chi connectivity index (χ2n) is 4.63. The van der Waals surface area contributed by atoms with Crippen LogP contribution in [0.5, 0.6) is 5.75 Å². The lowest BCUT2D eigenvalue weighted by Crippen LogP contribution is -2.18. The lowest BCUT2D eigenvalue weighted by atomic mass is 9.99. The lowest BCUT2D eigenvalue weighted by molar-refractivity contribution is 0.399. The summed E-state index contributed by atoms with van der Waals surface area (Å²) < 4.78 is 5.42. The first kappa shape index (κ1) is 14.8. The number of methoxy groups -OCH3 is 1. The molecule has 2 rings (SSSR count). The van der Waals surface area contributed by atoms with E-state index in [1.165, 1.54) is 5.56 Å². The molecule has 1 aromatic heterocycles. The zero-order valence-electron chi connectivity index (χ0n) is 11.8. The van der Waals surface area contributed by atoms with Gasteiger partial charge in [-0.1, -0.05) is 17.7 Å². The maximum Gasteiger partial charge on any atom is 0.123 e. The summed E-state index contributed by atoms with van der Waals surface area (Å²) in [6.07, 6.45) is 5.61. The van der Waals surface area contributed by atoms with Crippen LogP contribution in [0.15, 0.2) is 42.7 Å². The molecular weight excluding hydrogens is 272 g/mol. The van der Waals surface area contributed by atoms with E-state index in [4.69, 9.17) is 16.3 Å². The molecule has 0 bridgehead atoms. The van der Waals surface area contributed by atoms with Crippen molar-refractivity contribution in [2.45, 2.75) is 18.9 Å². The third-order valence-corrected chi connectivity index (χ3v) is 3.60. The van der Waals surface area contributed by atoms with Crippen molar-refractivity contribution in [1.29, 1.82) is 0 Å². The summed E-state index contributed by atoms with van der Waals surface area (Å²) in [6, 6.07) is 9.97. The normalized spacial score (nSPS) is 12.2. The molecule has 20 heavy (non-hydrogen) atoms. The molecule has 0 spiro atoms. The number of hydrogen-bond acceptors (Lipinski definition) is 3. The molecule has 3 nitrogen and oxygen atoms in total. The molecule has 0 saturated heterocycles. The molecule has 106 valence electrons. The van der Waals surface area contributed by atoms with E-state index < -0.39 is 0 Å². The van der Waals surface area contributed by atoms with Gasteiger partial charge in [0.1, 0.15) is 5.75 Å². The quantitative estimate of drug-likeness (QED) is 0.882. The van der Waals surface area contributed by atoms with Crippen molar-refractivity contribution in [2.75, 3.05) is 14.2 Å². The van der Waals surface area contributed by atoms with Gasteiger partial charge in [-0.05, 0) is 49.7 Å². The lowest BCUT2D eigenvalue weighted by Gasteiger charge is -2.19. The monoisotopic (exact) mass is 290 g/mol. The van der Waals surface area contributed by atoms with Gasteiger partial charge in [0, 0.05) is 29.0 Å². The fraction of sp³-hybridized carbons (Fsp3) is 0.312. The number of aromatic nitrogens is 1. The van der Waals surface area contributed by atoms with Crippen molar-refractivity contribution in [3.05, 3.63) is 58.9 Å². The number of pyridine rings is 1. The molecule has 1 aromatic carbocycles. The highest BCUT2D eigenvalue weighted by atomic mass is 35.5. The summed E-state index contributed by atoms with van der Waals surface area (Å²) in [5.41, 5.74) is 2.32. The van der Waals surface area contributed by atoms with Gasteiger partial charge in [0.05, 0.1) is 7.11 Å². The van der Waals surface area contributed by atoms with Crippen molar-refractivity contribution in [2.24, 2.45) is 0 Å². The Labute approximate surface area is 124 Å². The van der Waals surface area contributed by atoms with Crippen LogP contribution in [0.2, 0.25) is 5.02 Å². The highest BCUT2D eigenvalue weighted by Crippen LogP contribution is 2.30. The molecule has 0 aliphatic heterocycles. The molecule has 4 heteroatoms. The second kappa shape index (κ2) is 7.27. The van der Waals surface area contributed by atoms with Crippen molar-refractivity contribution in [3.8, 4) is 5.75 Å². The van der Waals surface area contributed by atoms with E-state index in [9.17, 15) is 0 Å². The van der Waals surface area contributed by atoms with E-state index in [0.29, 0.717) is 0 Å². The SMILES string of the molecule is CNC(CCc1cccnc1)c1cc(Cl)ccc1OC. The first-order chi connectivity index (χ1) is 9.74. The molecule has 1 atom stereocenters. The Morgan fingerprint density at radius 3 is 2.85 bits per heavy atom. The third kappa shape index (κ3) is 3.71. The molecule has 0 saturated carbocycles. The zero-order valence-corrected chi connectivity index (χ0v) is 12.5. The highest BCUT2D eigenvalue weighted by molar-refractivity contribution is 6.30. The maximum absolute atomic E-state index is 6.10. The number of nitrogens with zero attached hydrogens (tertiary/aromatic N) is 1. The van der Waals surface area contributed by atoms with Crippen LogP contribution in [0.4, 0.5) is 0 Å². The number of nitrogens with one attached hydrogen (secondary N) is 1. The number of ether oxygens (including phenoxy) is 1. The van der Waals surface area contributed by atoms with Crippen LogP contribution in [0.1, 0.15) is 23.6 Å². The van der Waals surface area contributed by atoms with Gasteiger partial charge in [-0.3, -0.25) is 4.98 Å². The fourth-order valence-electron chi connectivity index (χ4n) is 2.29. The fourth-order valence-corrected chi connectivity index (χ4v) is 2.47. The van der Waals surface area contributed by atoms with Gasteiger partial charge in [-0.25, -0.2) is 0 Å². The molecule has 2 aromatic rings. The predicted molar refractivity (Wildman–Crippen MR) is 82.4 cm³/mol. The minimum atomic E-state index is 0.198. The zero-order chi connectivity index (χ0) is 14.4. The third-order valence-electron chi connectivity index (χ3n) is 3.36. The van der Waals surface area contributed by atoms with Crippen LogP contribution in [-0.2, 0) is 6.42 Å². The first-order valence-electron chi connectivity index (χ1n) is 6.64. The summed E-state index contributed by atoms with van der Waals surface area (Å²) in [4.78, 5) is 4.14. The van der Waals surface area contributed by atoms with Gasteiger partial charge in [0.15, 0.2) is 0 Å². The van der Waals surface area contributed by atoms with Crippen LogP contribution in [0.25, 0.3) is 0 Å². The summed E-state index contributed by atoms with van der Waals surface area (Å²) in [5, 5.41) is 4.06. The summed E-state index contributed by atoms with van der Waals surface area (Å²) in [5.74, 6) is 0.861. The van der Waals surface area contributed by atoms with E-state index in [0.717, 1.165) is 29.2 Å². The number of benzene rings is 1. The van der Waals surface area contributed by atoms with Gasteiger partial charge >= 0.3 is 0 Å². The Balaban J connectivity index is 2.14. The minimum absolute atomic E-state index is 0.198. The number of halogens is 1. The number of hydrogen-bond donors (Lipinski definition) is 1. The molecule has 0 aliphatic rings. The molecular formula is C16H19ClN2O. The van der Waals surface area contributed by atoms with Crippen molar-refractivity contribution >= 4 is 11.6 Å². The van der Waals surface area contributed by atoms with Crippen LogP contribution in [-0.4, -0.2) is 19.1 Å². The predicted octanol–water partition coefficient (Wildman–Crippen LogP) is 3.64. The van der Waals surface area contributed by atoms with E-state index in [1.807, 2.05) is 37.5 Å². The van der Waals surface area contributed by atoms with Crippen molar-refractivity contribution in [1.82, 2.24) is 10.3 Å². The van der Waals surface area contributed by atoms with Gasteiger partial charge in [-0.2, -0.15) is 0 Å². The van der Waals surface area contributed by atoms with Gasteiger partial charge in [0.25, 0.3) is 0 Å². The Morgan fingerprint density at radius 2 is 2.20 bits per heavy atom. The minimum Gasteiger partial charge on any atom is -0.496 e. The number of aryl methyl sites for hydroxylation is 1. The molecule has 0 amide bonds. The average molecular weight is 291 g/mol. The highest BCUT2D eigenvalue weighted by Gasteiger charge is 2.15. The van der Waals surface area contributed by atoms with Crippen LogP contribution >= 0.6 is 11.6 Å². The van der Waals surface area contributed by atoms with Gasteiger partial charge in [0.2, 0.25) is 0 Å². The van der Waals surface area contributed by atoms with Crippen molar-refractivity contribution in [3.63, 3.8) is 0 Å². The summed E-state index contributed by atoms with van der Waals surface area (Å²) >= 11 is 6.10. The average Bonchev–Trinajstić information content (AvgIpc) is 2.49. The molecule has 1 N–H and O–H groups in total. The molecule has 0 fully saturated rings. The maximum atomic E-state index is 6.10. The Bertz CT molecular complexity index is 545. The summed E-state index contributed by atoms with van der Waals surface area (Å²) in [7, 11) is 3.63. The van der Waals surface area contributed by atoms with E-state index in [2.05, 4.69) is 16.4 Å². The first-order valence-corrected chi connectivity index (χ1v) is 7.02. The Hall–Kier alpha value is -1.58. The van der Waals surface area contributed by atoms with E-state index in [1.54, 1.807) is 13.3 Å². The topological polar surface area (TPSA) is 34.2 Å². The van der Waals surface area contributed by atoms with Crippen LogP contribution in [0.3, 0.4) is 0 Å². The van der Waals surface area contributed by atoms with Crippen molar-refractivity contribution < 1.29 is 4.74 Å². The Kier molecular flexibility index (Phi) is 5.39. The van der Waals surface area contributed by atoms with E-state index in [-0.39, 0.29) is 6.04 Å². The van der Waals surface area contributed by atoms with Crippen LogP contribution < -0.4 is 10.1 Å². The molecule has 0 aliphatic carbocycles. The Morgan fingerprint density at radius 1 is 1.35 bits per heavy atom. The summed E-state index contributed by atoms with van der Waals surface area (Å²) in [6.45, 7) is 0. The van der Waals surface area contributed by atoms with Gasteiger partial charge < -0.3 is 10.1 Å². The van der Waals surface area contributed by atoms with Crippen LogP contribution in [0, 0.1) is 0 Å². The second-order valence-corrected chi connectivity index (χ2v) is 5.06.